The Hall–Kier alpha value is -2.66. The quantitative estimate of drug-likeness (QED) is 0.703. The van der Waals surface area contributed by atoms with Gasteiger partial charge in [-0.1, -0.05) is 54.1 Å². The summed E-state index contributed by atoms with van der Waals surface area (Å²) in [5.74, 6) is -0.566. The molecule has 116 valence electrons. The number of carbonyl (C=O) groups excluding carboxylic acids is 1. The van der Waals surface area contributed by atoms with Gasteiger partial charge in [-0.05, 0) is 11.6 Å². The second kappa shape index (κ2) is 6.62. The van der Waals surface area contributed by atoms with Crippen molar-refractivity contribution in [2.75, 3.05) is 5.32 Å². The third-order valence-corrected chi connectivity index (χ3v) is 3.57. The SMILES string of the molecule is O=C(Nc1cccc2c(Cl)ncc(F)c12)OCc1ccccc1. The van der Waals surface area contributed by atoms with E-state index in [-0.39, 0.29) is 22.8 Å². The smallest absolute Gasteiger partial charge is 0.411 e. The molecule has 0 aliphatic carbocycles. The highest BCUT2D eigenvalue weighted by Gasteiger charge is 2.13. The molecule has 0 saturated heterocycles. The van der Waals surface area contributed by atoms with Crippen LogP contribution in [-0.4, -0.2) is 11.1 Å². The number of nitrogens with one attached hydrogen (secondary N) is 1. The number of nitrogens with zero attached hydrogens (tertiary/aromatic N) is 1. The zero-order valence-electron chi connectivity index (χ0n) is 11.9. The van der Waals surface area contributed by atoms with Gasteiger partial charge < -0.3 is 4.74 Å². The fourth-order valence-electron chi connectivity index (χ4n) is 2.20. The number of halogens is 2. The van der Waals surface area contributed by atoms with Crippen molar-refractivity contribution in [1.29, 1.82) is 0 Å². The Morgan fingerprint density at radius 1 is 1.17 bits per heavy atom. The highest BCUT2D eigenvalue weighted by molar-refractivity contribution is 6.34. The predicted molar refractivity (Wildman–Crippen MR) is 87.0 cm³/mol. The number of benzene rings is 2. The molecule has 6 heteroatoms. The average molecular weight is 331 g/mol. The van der Waals surface area contributed by atoms with E-state index in [1.165, 1.54) is 0 Å². The topological polar surface area (TPSA) is 51.2 Å². The molecule has 23 heavy (non-hydrogen) atoms. The Balaban J connectivity index is 1.79. The second-order valence-corrected chi connectivity index (χ2v) is 5.17. The molecule has 0 bridgehead atoms. The maximum atomic E-state index is 14.0. The lowest BCUT2D eigenvalue weighted by atomic mass is 10.1. The van der Waals surface area contributed by atoms with E-state index >= 15 is 0 Å². The number of hydrogen-bond donors (Lipinski definition) is 1. The first-order valence-electron chi connectivity index (χ1n) is 6.85. The van der Waals surface area contributed by atoms with E-state index in [0.717, 1.165) is 11.8 Å². The summed E-state index contributed by atoms with van der Waals surface area (Å²) >= 11 is 5.96. The minimum Gasteiger partial charge on any atom is -0.444 e. The Labute approximate surface area is 136 Å². The van der Waals surface area contributed by atoms with Gasteiger partial charge in [-0.15, -0.1) is 0 Å². The van der Waals surface area contributed by atoms with Gasteiger partial charge in [-0.25, -0.2) is 14.2 Å². The van der Waals surface area contributed by atoms with Crippen molar-refractivity contribution in [3.63, 3.8) is 0 Å². The number of carbonyl (C=O) groups is 1. The first-order chi connectivity index (χ1) is 11.1. The van der Waals surface area contributed by atoms with Crippen LogP contribution in [0.15, 0.2) is 54.7 Å². The third-order valence-electron chi connectivity index (χ3n) is 3.27. The van der Waals surface area contributed by atoms with Crippen LogP contribution in [0.3, 0.4) is 0 Å². The van der Waals surface area contributed by atoms with Crippen LogP contribution in [0.1, 0.15) is 5.56 Å². The van der Waals surface area contributed by atoms with Crippen molar-refractivity contribution >= 4 is 34.2 Å². The second-order valence-electron chi connectivity index (χ2n) is 4.81. The number of fused-ring (bicyclic) bond motifs is 1. The van der Waals surface area contributed by atoms with Gasteiger partial charge in [-0.3, -0.25) is 5.32 Å². The van der Waals surface area contributed by atoms with E-state index in [9.17, 15) is 9.18 Å². The van der Waals surface area contributed by atoms with Gasteiger partial charge in [0.05, 0.1) is 11.9 Å². The van der Waals surface area contributed by atoms with E-state index < -0.39 is 11.9 Å². The molecule has 0 atom stereocenters. The average Bonchev–Trinajstić information content (AvgIpc) is 2.57. The van der Waals surface area contributed by atoms with E-state index in [4.69, 9.17) is 16.3 Å². The first kappa shape index (κ1) is 15.2. The molecule has 0 fully saturated rings. The molecule has 4 nitrogen and oxygen atoms in total. The van der Waals surface area contributed by atoms with Crippen LogP contribution in [0.4, 0.5) is 14.9 Å². The van der Waals surface area contributed by atoms with Crippen LogP contribution < -0.4 is 5.32 Å². The van der Waals surface area contributed by atoms with Crippen molar-refractivity contribution in [1.82, 2.24) is 4.98 Å². The molecule has 2 aromatic carbocycles. The van der Waals surface area contributed by atoms with Gasteiger partial charge >= 0.3 is 6.09 Å². The van der Waals surface area contributed by atoms with Gasteiger partial charge in [0.15, 0.2) is 5.82 Å². The number of amides is 1. The van der Waals surface area contributed by atoms with Crippen molar-refractivity contribution in [3.05, 3.63) is 71.3 Å². The fraction of sp³-hybridized carbons (Fsp3) is 0.0588. The van der Waals surface area contributed by atoms with Crippen molar-refractivity contribution in [2.45, 2.75) is 6.61 Å². The minimum atomic E-state index is -0.673. The molecule has 3 rings (SSSR count). The normalized spacial score (nSPS) is 10.5. The summed E-state index contributed by atoms with van der Waals surface area (Å²) in [6.07, 6.45) is 0.346. The molecular formula is C17H12ClFN2O2. The zero-order valence-corrected chi connectivity index (χ0v) is 12.7. The molecule has 1 N–H and O–H groups in total. The Kier molecular flexibility index (Phi) is 4.39. The monoisotopic (exact) mass is 330 g/mol. The summed E-state index contributed by atoms with van der Waals surface area (Å²) in [4.78, 5) is 15.7. The summed E-state index contributed by atoms with van der Waals surface area (Å²) in [6.45, 7) is 0.127. The standard InChI is InChI=1S/C17H12ClFN2O2/c18-16-12-7-4-8-14(15(12)13(19)9-20-16)21-17(22)23-10-11-5-2-1-3-6-11/h1-9H,10H2,(H,21,22). The van der Waals surface area contributed by atoms with Crippen LogP contribution in [0.5, 0.6) is 0 Å². The summed E-state index contributed by atoms with van der Waals surface area (Å²) in [7, 11) is 0. The Bertz CT molecular complexity index is 856. The third kappa shape index (κ3) is 3.40. The summed E-state index contributed by atoms with van der Waals surface area (Å²) in [5, 5.41) is 3.33. The molecule has 0 aliphatic rings. The molecule has 3 aromatic rings. The largest absolute Gasteiger partial charge is 0.444 e. The van der Waals surface area contributed by atoms with Gasteiger partial charge in [0.1, 0.15) is 11.8 Å². The number of pyridine rings is 1. The van der Waals surface area contributed by atoms with Gasteiger partial charge in [0.2, 0.25) is 0 Å². The Morgan fingerprint density at radius 2 is 1.96 bits per heavy atom. The van der Waals surface area contributed by atoms with Gasteiger partial charge in [-0.2, -0.15) is 0 Å². The van der Waals surface area contributed by atoms with Gasteiger partial charge in [0, 0.05) is 10.8 Å². The van der Waals surface area contributed by atoms with Crippen molar-refractivity contribution in [3.8, 4) is 0 Å². The fourth-order valence-corrected chi connectivity index (χ4v) is 2.41. The lowest BCUT2D eigenvalue weighted by Gasteiger charge is -2.10. The van der Waals surface area contributed by atoms with Crippen LogP contribution in [0, 0.1) is 5.82 Å². The molecule has 1 amide bonds. The summed E-state index contributed by atoms with van der Waals surface area (Å²) in [6, 6.07) is 14.1. The Morgan fingerprint density at radius 3 is 2.74 bits per heavy atom. The molecule has 1 aromatic heterocycles. The zero-order chi connectivity index (χ0) is 16.2. The number of ether oxygens (including phenoxy) is 1. The molecule has 0 unspecified atom stereocenters. The minimum absolute atomic E-state index is 0.127. The van der Waals surface area contributed by atoms with E-state index in [2.05, 4.69) is 10.3 Å². The maximum Gasteiger partial charge on any atom is 0.411 e. The van der Waals surface area contributed by atoms with Crippen LogP contribution in [0.25, 0.3) is 10.8 Å². The summed E-state index contributed by atoms with van der Waals surface area (Å²) < 4.78 is 19.1. The summed E-state index contributed by atoms with van der Waals surface area (Å²) in [5.41, 5.74) is 1.14. The van der Waals surface area contributed by atoms with Crippen LogP contribution in [-0.2, 0) is 11.3 Å². The lowest BCUT2D eigenvalue weighted by Crippen LogP contribution is -2.14. The van der Waals surface area contributed by atoms with Crippen molar-refractivity contribution in [2.24, 2.45) is 0 Å². The van der Waals surface area contributed by atoms with Crippen LogP contribution in [0.2, 0.25) is 5.15 Å². The van der Waals surface area contributed by atoms with E-state index in [1.807, 2.05) is 30.3 Å². The van der Waals surface area contributed by atoms with Gasteiger partial charge in [0.25, 0.3) is 0 Å². The first-order valence-corrected chi connectivity index (χ1v) is 7.23. The number of anilines is 1. The highest BCUT2D eigenvalue weighted by Crippen LogP contribution is 2.30. The molecular weight excluding hydrogens is 319 g/mol. The molecule has 1 heterocycles. The van der Waals surface area contributed by atoms with E-state index in [1.54, 1.807) is 18.2 Å². The lowest BCUT2D eigenvalue weighted by molar-refractivity contribution is 0.155. The van der Waals surface area contributed by atoms with Crippen molar-refractivity contribution < 1.29 is 13.9 Å². The maximum absolute atomic E-state index is 14.0. The molecule has 0 saturated carbocycles. The highest BCUT2D eigenvalue weighted by atomic mass is 35.5. The molecule has 0 aliphatic heterocycles. The number of aromatic nitrogens is 1. The number of hydrogen-bond acceptors (Lipinski definition) is 3. The molecule has 0 radical (unpaired) electrons. The van der Waals surface area contributed by atoms with Crippen LogP contribution >= 0.6 is 11.6 Å². The number of rotatable bonds is 3. The molecule has 0 spiro atoms. The predicted octanol–water partition coefficient (Wildman–Crippen LogP) is 4.78. The van der Waals surface area contributed by atoms with E-state index in [0.29, 0.717) is 5.39 Å².